The molecular formula is C21H21BrFNO4S. The third-order valence-electron chi connectivity index (χ3n) is 4.34. The quantitative estimate of drug-likeness (QED) is 0.518. The zero-order valence-corrected chi connectivity index (χ0v) is 18.5. The summed E-state index contributed by atoms with van der Waals surface area (Å²) in [5.41, 5.74) is 1.57. The molecule has 154 valence electrons. The van der Waals surface area contributed by atoms with Crippen LogP contribution in [0.15, 0.2) is 40.9 Å². The molecule has 0 unspecified atom stereocenters. The number of halogens is 2. The average molecular weight is 482 g/mol. The molecule has 2 aromatic rings. The van der Waals surface area contributed by atoms with E-state index >= 15 is 0 Å². The van der Waals surface area contributed by atoms with Crippen LogP contribution in [0.2, 0.25) is 0 Å². The average Bonchev–Trinajstić information content (AvgIpc) is 2.94. The van der Waals surface area contributed by atoms with Crippen molar-refractivity contribution >= 4 is 38.8 Å². The Labute approximate surface area is 181 Å². The summed E-state index contributed by atoms with van der Waals surface area (Å²) in [4.78, 5) is 26.4. The summed E-state index contributed by atoms with van der Waals surface area (Å²) >= 11 is 4.52. The summed E-state index contributed by atoms with van der Waals surface area (Å²) in [6.45, 7) is 4.90. The molecule has 2 aromatic carbocycles. The van der Waals surface area contributed by atoms with Gasteiger partial charge in [0.2, 0.25) is 5.91 Å². The summed E-state index contributed by atoms with van der Waals surface area (Å²) in [7, 11) is 0. The topological polar surface area (TPSA) is 55.8 Å². The first-order chi connectivity index (χ1) is 13.9. The second-order valence-corrected chi connectivity index (χ2v) is 8.41. The SMILES string of the molecule is CCOc1cc(C[C@H]2SC(=O)N(Cc3ccc(F)cc3)C2=O)cc(Br)c1OCC. The lowest BCUT2D eigenvalue weighted by Gasteiger charge is -2.16. The van der Waals surface area contributed by atoms with Crippen LogP contribution in [0, 0.1) is 5.82 Å². The number of amides is 2. The summed E-state index contributed by atoms with van der Waals surface area (Å²) in [6, 6.07) is 9.52. The fourth-order valence-corrected chi connectivity index (χ4v) is 4.68. The van der Waals surface area contributed by atoms with Gasteiger partial charge in [-0.25, -0.2) is 4.39 Å². The number of imide groups is 1. The molecule has 0 bridgehead atoms. The molecule has 1 heterocycles. The van der Waals surface area contributed by atoms with E-state index < -0.39 is 5.25 Å². The Kier molecular flexibility index (Phi) is 7.18. The maximum absolute atomic E-state index is 13.1. The molecule has 0 saturated carbocycles. The minimum absolute atomic E-state index is 0.138. The van der Waals surface area contributed by atoms with E-state index in [2.05, 4.69) is 15.9 Å². The molecule has 0 N–H and O–H groups in total. The lowest BCUT2D eigenvalue weighted by Crippen LogP contribution is -2.31. The Morgan fingerprint density at radius 3 is 2.41 bits per heavy atom. The van der Waals surface area contributed by atoms with Crippen molar-refractivity contribution in [1.82, 2.24) is 4.90 Å². The molecule has 1 fully saturated rings. The van der Waals surface area contributed by atoms with Crippen molar-refractivity contribution in [3.05, 3.63) is 57.8 Å². The van der Waals surface area contributed by atoms with E-state index in [1.165, 1.54) is 17.0 Å². The van der Waals surface area contributed by atoms with Gasteiger partial charge >= 0.3 is 0 Å². The first-order valence-electron chi connectivity index (χ1n) is 9.27. The number of carbonyl (C=O) groups excluding carboxylic acids is 2. The molecular weight excluding hydrogens is 461 g/mol. The standard InChI is InChI=1S/C21H21BrFNO4S/c1-3-27-17-10-14(9-16(22)19(17)28-4-2)11-18-20(25)24(21(26)29-18)12-13-5-7-15(23)8-6-13/h5-10,18H,3-4,11-12H2,1-2H3/t18-/m1/s1. The zero-order valence-electron chi connectivity index (χ0n) is 16.1. The molecule has 29 heavy (non-hydrogen) atoms. The van der Waals surface area contributed by atoms with Crippen molar-refractivity contribution in [2.45, 2.75) is 32.1 Å². The van der Waals surface area contributed by atoms with E-state index in [1.807, 2.05) is 26.0 Å². The number of carbonyl (C=O) groups is 2. The molecule has 0 radical (unpaired) electrons. The number of hydrogen-bond acceptors (Lipinski definition) is 5. The van der Waals surface area contributed by atoms with Gasteiger partial charge in [-0.1, -0.05) is 23.9 Å². The molecule has 1 atom stereocenters. The molecule has 0 aliphatic carbocycles. The minimum atomic E-state index is -0.512. The van der Waals surface area contributed by atoms with E-state index in [1.54, 1.807) is 12.1 Å². The van der Waals surface area contributed by atoms with Crippen LogP contribution in [-0.2, 0) is 17.8 Å². The lowest BCUT2D eigenvalue weighted by molar-refractivity contribution is -0.127. The van der Waals surface area contributed by atoms with Crippen molar-refractivity contribution in [1.29, 1.82) is 0 Å². The number of hydrogen-bond donors (Lipinski definition) is 0. The van der Waals surface area contributed by atoms with Gasteiger partial charge in [-0.05, 0) is 71.6 Å². The van der Waals surface area contributed by atoms with Gasteiger partial charge < -0.3 is 9.47 Å². The van der Waals surface area contributed by atoms with E-state index in [-0.39, 0.29) is 23.5 Å². The first kappa shape index (κ1) is 21.6. The van der Waals surface area contributed by atoms with Crippen LogP contribution in [-0.4, -0.2) is 34.5 Å². The zero-order chi connectivity index (χ0) is 21.0. The van der Waals surface area contributed by atoms with Gasteiger partial charge in [0.25, 0.3) is 5.24 Å². The highest BCUT2D eigenvalue weighted by atomic mass is 79.9. The van der Waals surface area contributed by atoms with Gasteiger partial charge in [0, 0.05) is 0 Å². The summed E-state index contributed by atoms with van der Waals surface area (Å²) in [6.07, 6.45) is 0.389. The predicted molar refractivity (Wildman–Crippen MR) is 114 cm³/mol. The number of rotatable bonds is 8. The Morgan fingerprint density at radius 1 is 1.07 bits per heavy atom. The van der Waals surface area contributed by atoms with Crippen LogP contribution in [0.3, 0.4) is 0 Å². The van der Waals surface area contributed by atoms with Crippen LogP contribution in [0.25, 0.3) is 0 Å². The van der Waals surface area contributed by atoms with Crippen LogP contribution in [0.4, 0.5) is 9.18 Å². The molecule has 1 aliphatic rings. The van der Waals surface area contributed by atoms with Crippen LogP contribution < -0.4 is 9.47 Å². The van der Waals surface area contributed by atoms with Crippen molar-refractivity contribution in [2.75, 3.05) is 13.2 Å². The maximum atomic E-state index is 13.1. The third-order valence-corrected chi connectivity index (χ3v) is 6.00. The van der Waals surface area contributed by atoms with Gasteiger partial charge in [0.05, 0.1) is 29.5 Å². The Hall–Kier alpha value is -2.06. The number of nitrogens with zero attached hydrogens (tertiary/aromatic N) is 1. The Morgan fingerprint density at radius 2 is 1.76 bits per heavy atom. The fourth-order valence-electron chi connectivity index (χ4n) is 3.04. The van der Waals surface area contributed by atoms with Crippen molar-refractivity contribution in [2.24, 2.45) is 0 Å². The van der Waals surface area contributed by atoms with E-state index in [0.29, 0.717) is 36.7 Å². The van der Waals surface area contributed by atoms with E-state index in [0.717, 1.165) is 21.8 Å². The Balaban J connectivity index is 1.75. The smallest absolute Gasteiger partial charge is 0.289 e. The van der Waals surface area contributed by atoms with Crippen LogP contribution in [0.5, 0.6) is 11.5 Å². The van der Waals surface area contributed by atoms with Gasteiger partial charge in [-0.15, -0.1) is 0 Å². The van der Waals surface area contributed by atoms with Crippen molar-refractivity contribution in [3.8, 4) is 11.5 Å². The van der Waals surface area contributed by atoms with Crippen LogP contribution >= 0.6 is 27.7 Å². The molecule has 2 amide bonds. The monoisotopic (exact) mass is 481 g/mol. The number of thioether (sulfide) groups is 1. The number of ether oxygens (including phenoxy) is 2. The molecule has 8 heteroatoms. The second-order valence-electron chi connectivity index (χ2n) is 6.40. The first-order valence-corrected chi connectivity index (χ1v) is 10.9. The van der Waals surface area contributed by atoms with Gasteiger partial charge in [0.15, 0.2) is 11.5 Å². The second kappa shape index (κ2) is 9.63. The van der Waals surface area contributed by atoms with Crippen molar-refractivity contribution < 1.29 is 23.5 Å². The van der Waals surface area contributed by atoms with Gasteiger partial charge in [0.1, 0.15) is 5.82 Å². The fraction of sp³-hybridized carbons (Fsp3) is 0.333. The molecule has 1 aliphatic heterocycles. The lowest BCUT2D eigenvalue weighted by atomic mass is 10.1. The maximum Gasteiger partial charge on any atom is 0.289 e. The highest BCUT2D eigenvalue weighted by Crippen LogP contribution is 2.39. The highest BCUT2D eigenvalue weighted by Gasteiger charge is 2.39. The van der Waals surface area contributed by atoms with E-state index in [9.17, 15) is 14.0 Å². The minimum Gasteiger partial charge on any atom is -0.490 e. The number of benzene rings is 2. The highest BCUT2D eigenvalue weighted by molar-refractivity contribution is 9.10. The van der Waals surface area contributed by atoms with Gasteiger partial charge in [-0.3, -0.25) is 14.5 Å². The summed E-state index contributed by atoms with van der Waals surface area (Å²) in [5.74, 6) is 0.625. The largest absolute Gasteiger partial charge is 0.490 e. The summed E-state index contributed by atoms with van der Waals surface area (Å²) in [5, 5.41) is -0.804. The van der Waals surface area contributed by atoms with Gasteiger partial charge in [-0.2, -0.15) is 0 Å². The normalized spacial score (nSPS) is 16.4. The molecule has 5 nitrogen and oxygen atoms in total. The van der Waals surface area contributed by atoms with E-state index in [4.69, 9.17) is 9.47 Å². The molecule has 0 aromatic heterocycles. The third kappa shape index (κ3) is 5.11. The molecule has 3 rings (SSSR count). The predicted octanol–water partition coefficient (Wildman–Crippen LogP) is 5.19. The summed E-state index contributed by atoms with van der Waals surface area (Å²) < 4.78 is 25.1. The molecule has 1 saturated heterocycles. The Bertz CT molecular complexity index is 906. The molecule has 0 spiro atoms. The van der Waals surface area contributed by atoms with Crippen molar-refractivity contribution in [3.63, 3.8) is 0 Å². The van der Waals surface area contributed by atoms with Crippen LogP contribution in [0.1, 0.15) is 25.0 Å².